The number of benzene rings is 1. The van der Waals surface area contributed by atoms with E-state index in [-0.39, 0.29) is 35.9 Å². The van der Waals surface area contributed by atoms with Crippen LogP contribution in [0, 0.1) is 5.92 Å². The molecule has 1 saturated heterocycles. The number of hydrogen-bond acceptors (Lipinski definition) is 8. The number of nitrogens with zero attached hydrogens (tertiary/aromatic N) is 2. The lowest BCUT2D eigenvalue weighted by atomic mass is 9.89. The molecule has 3 aliphatic rings. The highest BCUT2D eigenvalue weighted by Gasteiger charge is 2.53. The zero-order valence-corrected chi connectivity index (χ0v) is 23.9. The predicted octanol–water partition coefficient (Wildman–Crippen LogP) is 1.74. The molecule has 0 bridgehead atoms. The van der Waals surface area contributed by atoms with Crippen LogP contribution in [0.1, 0.15) is 20.8 Å². The molecule has 3 N–H and O–H groups in total. The number of hydrogen-bond donors (Lipinski definition) is 3. The SMILES string of the molecule is COCCN1C(C)=CC(COc2ccc(S(=O)(=O)NC3(C(=O)NO)CN(C(=O)C(C)C)C3)cc2)=C2C=CC=CC21. The van der Waals surface area contributed by atoms with E-state index in [1.807, 2.05) is 12.2 Å². The lowest BCUT2D eigenvalue weighted by molar-refractivity contribution is -0.152. The zero-order chi connectivity index (χ0) is 29.1. The van der Waals surface area contributed by atoms with E-state index >= 15 is 0 Å². The number of rotatable bonds is 11. The quantitative estimate of drug-likeness (QED) is 0.269. The summed E-state index contributed by atoms with van der Waals surface area (Å²) in [5.41, 5.74) is 3.10. The van der Waals surface area contributed by atoms with Crippen molar-refractivity contribution in [2.75, 3.05) is 40.0 Å². The standard InChI is InChI=1S/C28H36N4O7S/c1-19(2)26(33)31-17-28(18-31,27(34)29-35)30-40(36,37)23-11-9-22(10-12-23)39-16-21-15-20(3)32(13-14-38-4)25-8-6-5-7-24(21)25/h5-12,15,19,25,30,35H,13-14,16-18H2,1-4H3,(H,29,34). The van der Waals surface area contributed by atoms with Gasteiger partial charge in [-0.2, -0.15) is 4.72 Å². The fraction of sp³-hybridized carbons (Fsp3) is 0.429. The number of allylic oxidation sites excluding steroid dienone is 3. The van der Waals surface area contributed by atoms with Gasteiger partial charge in [-0.05, 0) is 48.4 Å². The summed E-state index contributed by atoms with van der Waals surface area (Å²) in [6, 6.07) is 5.95. The van der Waals surface area contributed by atoms with E-state index < -0.39 is 21.5 Å². The maximum atomic E-state index is 13.1. The molecule has 40 heavy (non-hydrogen) atoms. The summed E-state index contributed by atoms with van der Waals surface area (Å²) in [5.74, 6) is -0.975. The zero-order valence-electron chi connectivity index (χ0n) is 23.1. The fourth-order valence-electron chi connectivity index (χ4n) is 5.05. The molecule has 0 aromatic heterocycles. The van der Waals surface area contributed by atoms with Crippen LogP contribution in [0.3, 0.4) is 0 Å². The molecule has 1 aliphatic carbocycles. The number of carbonyl (C=O) groups is 2. The molecular weight excluding hydrogens is 536 g/mol. The molecule has 1 atom stereocenters. The first kappa shape index (κ1) is 29.5. The van der Waals surface area contributed by atoms with E-state index in [1.54, 1.807) is 33.1 Å². The highest BCUT2D eigenvalue weighted by Crippen LogP contribution is 2.31. The second-order valence-electron chi connectivity index (χ2n) is 10.4. The van der Waals surface area contributed by atoms with Crippen molar-refractivity contribution in [3.05, 3.63) is 71.5 Å². The summed E-state index contributed by atoms with van der Waals surface area (Å²) in [6.07, 6.45) is 10.3. The summed E-state index contributed by atoms with van der Waals surface area (Å²) < 4.78 is 39.9. The van der Waals surface area contributed by atoms with Crippen LogP contribution in [0.4, 0.5) is 0 Å². The van der Waals surface area contributed by atoms with Gasteiger partial charge in [0.25, 0.3) is 5.91 Å². The molecule has 1 aromatic rings. The Morgan fingerprint density at radius 2 is 1.88 bits per heavy atom. The van der Waals surface area contributed by atoms with E-state index in [4.69, 9.17) is 9.47 Å². The maximum Gasteiger partial charge on any atom is 0.268 e. The number of nitrogens with one attached hydrogen (secondary N) is 2. The van der Waals surface area contributed by atoms with Crippen LogP contribution in [0.5, 0.6) is 5.75 Å². The van der Waals surface area contributed by atoms with Gasteiger partial charge in [0.2, 0.25) is 15.9 Å². The largest absolute Gasteiger partial charge is 0.489 e. The molecule has 0 radical (unpaired) electrons. The lowest BCUT2D eigenvalue weighted by Gasteiger charge is -2.48. The number of fused-ring (bicyclic) bond motifs is 1. The number of carbonyl (C=O) groups excluding carboxylic acids is 2. The summed E-state index contributed by atoms with van der Waals surface area (Å²) >= 11 is 0. The summed E-state index contributed by atoms with van der Waals surface area (Å²) in [6.45, 7) is 6.77. The Balaban J connectivity index is 1.44. The third kappa shape index (κ3) is 5.99. The molecule has 2 aliphatic heterocycles. The monoisotopic (exact) mass is 572 g/mol. The molecule has 12 heteroatoms. The summed E-state index contributed by atoms with van der Waals surface area (Å²) in [4.78, 5) is 28.2. The van der Waals surface area contributed by atoms with E-state index in [0.717, 1.165) is 23.4 Å². The topological polar surface area (TPSA) is 138 Å². The van der Waals surface area contributed by atoms with Gasteiger partial charge >= 0.3 is 0 Å². The molecule has 11 nitrogen and oxygen atoms in total. The van der Waals surface area contributed by atoms with Crippen molar-refractivity contribution in [1.29, 1.82) is 0 Å². The highest BCUT2D eigenvalue weighted by atomic mass is 32.2. The van der Waals surface area contributed by atoms with E-state index in [0.29, 0.717) is 19.0 Å². The molecule has 1 unspecified atom stereocenters. The van der Waals surface area contributed by atoms with Gasteiger partial charge in [0.05, 0.1) is 30.6 Å². The first-order valence-electron chi connectivity index (χ1n) is 13.0. The van der Waals surface area contributed by atoms with Gasteiger partial charge in [-0.1, -0.05) is 38.2 Å². The number of hydroxylamine groups is 1. The first-order valence-corrected chi connectivity index (χ1v) is 14.5. The van der Waals surface area contributed by atoms with Crippen molar-refractivity contribution in [1.82, 2.24) is 20.0 Å². The Labute approximate surface area is 234 Å². The predicted molar refractivity (Wildman–Crippen MR) is 148 cm³/mol. The molecule has 1 fully saturated rings. The van der Waals surface area contributed by atoms with Gasteiger partial charge in [-0.25, -0.2) is 13.9 Å². The van der Waals surface area contributed by atoms with Gasteiger partial charge in [0, 0.05) is 25.3 Å². The average Bonchev–Trinajstić information content (AvgIpc) is 2.92. The minimum atomic E-state index is -4.16. The molecule has 1 aromatic carbocycles. The van der Waals surface area contributed by atoms with Crippen LogP contribution in [0.2, 0.25) is 0 Å². The minimum Gasteiger partial charge on any atom is -0.489 e. The van der Waals surface area contributed by atoms with Gasteiger partial charge in [-0.3, -0.25) is 14.8 Å². The normalized spacial score (nSPS) is 19.8. The van der Waals surface area contributed by atoms with Crippen LogP contribution < -0.4 is 14.9 Å². The third-order valence-electron chi connectivity index (χ3n) is 7.20. The van der Waals surface area contributed by atoms with E-state index in [1.165, 1.54) is 22.5 Å². The average molecular weight is 573 g/mol. The summed E-state index contributed by atoms with van der Waals surface area (Å²) in [5, 5.41) is 9.20. The van der Waals surface area contributed by atoms with Crippen LogP contribution in [-0.2, 0) is 24.3 Å². The minimum absolute atomic E-state index is 0.0803. The smallest absolute Gasteiger partial charge is 0.268 e. The van der Waals surface area contributed by atoms with Crippen LogP contribution in [0.25, 0.3) is 0 Å². The van der Waals surface area contributed by atoms with Crippen LogP contribution in [0.15, 0.2) is 76.4 Å². The van der Waals surface area contributed by atoms with Gasteiger partial charge in [0.15, 0.2) is 0 Å². The number of sulfonamides is 1. The van der Waals surface area contributed by atoms with Crippen molar-refractivity contribution in [2.45, 2.75) is 37.2 Å². The summed E-state index contributed by atoms with van der Waals surface area (Å²) in [7, 11) is -2.48. The Morgan fingerprint density at radius 1 is 1.18 bits per heavy atom. The van der Waals surface area contributed by atoms with Crippen LogP contribution in [-0.4, -0.2) is 86.8 Å². The Morgan fingerprint density at radius 3 is 2.50 bits per heavy atom. The number of amides is 2. The Bertz CT molecular complexity index is 1360. The Kier molecular flexibility index (Phi) is 8.83. The van der Waals surface area contributed by atoms with Gasteiger partial charge < -0.3 is 19.3 Å². The molecule has 0 saturated carbocycles. The second-order valence-corrected chi connectivity index (χ2v) is 12.1. The number of methoxy groups -OCH3 is 1. The lowest BCUT2D eigenvalue weighted by Crippen LogP contribution is -2.77. The Hall–Kier alpha value is -3.45. The van der Waals surface area contributed by atoms with E-state index in [9.17, 15) is 23.2 Å². The van der Waals surface area contributed by atoms with Crippen molar-refractivity contribution < 1.29 is 32.7 Å². The van der Waals surface area contributed by atoms with Crippen LogP contribution >= 0.6 is 0 Å². The van der Waals surface area contributed by atoms with Crippen molar-refractivity contribution in [3.8, 4) is 5.75 Å². The van der Waals surface area contributed by atoms with Gasteiger partial charge in [0.1, 0.15) is 17.9 Å². The van der Waals surface area contributed by atoms with Gasteiger partial charge in [-0.15, -0.1) is 0 Å². The molecule has 2 amide bonds. The number of likely N-dealkylation sites (tertiary alicyclic amines) is 1. The number of ether oxygens (including phenoxy) is 2. The molecule has 4 rings (SSSR count). The van der Waals surface area contributed by atoms with Crippen molar-refractivity contribution >= 4 is 21.8 Å². The third-order valence-corrected chi connectivity index (χ3v) is 8.75. The highest BCUT2D eigenvalue weighted by molar-refractivity contribution is 7.89. The fourth-order valence-corrected chi connectivity index (χ4v) is 6.40. The van der Waals surface area contributed by atoms with Crippen molar-refractivity contribution in [3.63, 3.8) is 0 Å². The molecule has 2 heterocycles. The first-order chi connectivity index (χ1) is 19.0. The molecule has 216 valence electrons. The van der Waals surface area contributed by atoms with Crippen molar-refractivity contribution in [2.24, 2.45) is 5.92 Å². The maximum absolute atomic E-state index is 13.1. The second kappa shape index (κ2) is 12.0. The van der Waals surface area contributed by atoms with E-state index in [2.05, 4.69) is 34.8 Å². The molecular formula is C28H36N4O7S. The molecule has 0 spiro atoms.